The molecule has 0 amide bonds. The molecule has 0 N–H and O–H groups in total. The fourth-order valence-electron chi connectivity index (χ4n) is 2.96. The molecule has 0 unspecified atom stereocenters. The molecule has 1 aromatic heterocycles. The molecule has 0 bridgehead atoms. The number of aromatic nitrogens is 1. The van der Waals surface area contributed by atoms with Crippen LogP contribution in [0, 0.1) is 25.2 Å². The standard InChI is InChI=1S/C18H20N4/c1-14-4-3-5-18(15(14)2)22-10-8-21(9-11-22)17-6-7-20-16(12-17)13-19/h3-7,12H,8-11H2,1-2H3. The van der Waals surface area contributed by atoms with Gasteiger partial charge in [0, 0.05) is 43.8 Å². The highest BCUT2D eigenvalue weighted by Crippen LogP contribution is 2.25. The van der Waals surface area contributed by atoms with E-state index in [-0.39, 0.29) is 0 Å². The molecule has 0 radical (unpaired) electrons. The molecule has 1 aliphatic heterocycles. The van der Waals surface area contributed by atoms with E-state index in [1.807, 2.05) is 12.1 Å². The summed E-state index contributed by atoms with van der Waals surface area (Å²) in [5.74, 6) is 0. The maximum atomic E-state index is 8.97. The van der Waals surface area contributed by atoms with Crippen LogP contribution in [-0.4, -0.2) is 31.2 Å². The second kappa shape index (κ2) is 6.07. The van der Waals surface area contributed by atoms with Gasteiger partial charge < -0.3 is 9.80 Å². The van der Waals surface area contributed by atoms with Gasteiger partial charge in [0.1, 0.15) is 11.8 Å². The minimum Gasteiger partial charge on any atom is -0.368 e. The number of aryl methyl sites for hydroxylation is 1. The van der Waals surface area contributed by atoms with E-state index in [9.17, 15) is 0 Å². The minimum atomic E-state index is 0.481. The summed E-state index contributed by atoms with van der Waals surface area (Å²) in [5.41, 5.74) is 5.62. The van der Waals surface area contributed by atoms with Gasteiger partial charge in [0.15, 0.2) is 0 Å². The van der Waals surface area contributed by atoms with E-state index in [4.69, 9.17) is 5.26 Å². The molecule has 22 heavy (non-hydrogen) atoms. The number of anilines is 2. The van der Waals surface area contributed by atoms with Crippen LogP contribution < -0.4 is 9.80 Å². The molecule has 1 aromatic carbocycles. The third-order valence-corrected chi connectivity index (χ3v) is 4.42. The monoisotopic (exact) mass is 292 g/mol. The van der Waals surface area contributed by atoms with Crippen LogP contribution in [0.1, 0.15) is 16.8 Å². The van der Waals surface area contributed by atoms with E-state index in [2.05, 4.69) is 52.9 Å². The Labute approximate surface area is 131 Å². The van der Waals surface area contributed by atoms with Gasteiger partial charge in [0.2, 0.25) is 0 Å². The highest BCUT2D eigenvalue weighted by atomic mass is 15.3. The van der Waals surface area contributed by atoms with Gasteiger partial charge in [-0.1, -0.05) is 12.1 Å². The van der Waals surface area contributed by atoms with Crippen molar-refractivity contribution in [2.24, 2.45) is 0 Å². The third kappa shape index (κ3) is 2.75. The number of benzene rings is 1. The van der Waals surface area contributed by atoms with Crippen LogP contribution in [0.2, 0.25) is 0 Å². The first-order chi connectivity index (χ1) is 10.7. The number of pyridine rings is 1. The Morgan fingerprint density at radius 3 is 2.50 bits per heavy atom. The van der Waals surface area contributed by atoms with Gasteiger partial charge in [-0.05, 0) is 43.2 Å². The van der Waals surface area contributed by atoms with Crippen molar-refractivity contribution in [1.29, 1.82) is 5.26 Å². The van der Waals surface area contributed by atoms with Crippen LogP contribution in [0.5, 0.6) is 0 Å². The topological polar surface area (TPSA) is 43.2 Å². The lowest BCUT2D eigenvalue weighted by Crippen LogP contribution is -2.46. The van der Waals surface area contributed by atoms with Gasteiger partial charge in [0.05, 0.1) is 0 Å². The highest BCUT2D eigenvalue weighted by Gasteiger charge is 2.19. The molecule has 1 aliphatic rings. The molecular weight excluding hydrogens is 272 g/mol. The normalized spacial score (nSPS) is 14.8. The molecule has 2 heterocycles. The van der Waals surface area contributed by atoms with Gasteiger partial charge in [-0.3, -0.25) is 0 Å². The van der Waals surface area contributed by atoms with Gasteiger partial charge >= 0.3 is 0 Å². The Kier molecular flexibility index (Phi) is 3.97. The Morgan fingerprint density at radius 2 is 1.77 bits per heavy atom. The molecular formula is C18H20N4. The zero-order valence-corrected chi connectivity index (χ0v) is 13.1. The summed E-state index contributed by atoms with van der Waals surface area (Å²) < 4.78 is 0. The third-order valence-electron chi connectivity index (χ3n) is 4.42. The lowest BCUT2D eigenvalue weighted by molar-refractivity contribution is 0.652. The van der Waals surface area contributed by atoms with Crippen LogP contribution in [0.15, 0.2) is 36.5 Å². The average molecular weight is 292 g/mol. The fraction of sp³-hybridized carbons (Fsp3) is 0.333. The summed E-state index contributed by atoms with van der Waals surface area (Å²) in [7, 11) is 0. The molecule has 1 saturated heterocycles. The predicted octanol–water partition coefficient (Wildman–Crippen LogP) is 2.90. The summed E-state index contributed by atoms with van der Waals surface area (Å²) in [4.78, 5) is 8.81. The van der Waals surface area contributed by atoms with Crippen molar-refractivity contribution < 1.29 is 0 Å². The summed E-state index contributed by atoms with van der Waals surface area (Å²) in [6.07, 6.45) is 1.71. The van der Waals surface area contributed by atoms with Crippen molar-refractivity contribution in [3.8, 4) is 6.07 Å². The lowest BCUT2D eigenvalue weighted by atomic mass is 10.1. The van der Waals surface area contributed by atoms with Crippen molar-refractivity contribution in [3.05, 3.63) is 53.3 Å². The van der Waals surface area contributed by atoms with E-state index in [0.717, 1.165) is 31.9 Å². The predicted molar refractivity (Wildman–Crippen MR) is 89.3 cm³/mol. The van der Waals surface area contributed by atoms with Crippen LogP contribution in [0.4, 0.5) is 11.4 Å². The Balaban J connectivity index is 1.72. The van der Waals surface area contributed by atoms with Crippen molar-refractivity contribution in [2.75, 3.05) is 36.0 Å². The number of piperazine rings is 1. The van der Waals surface area contributed by atoms with Gasteiger partial charge in [-0.2, -0.15) is 5.26 Å². The van der Waals surface area contributed by atoms with Crippen molar-refractivity contribution in [1.82, 2.24) is 4.98 Å². The number of nitriles is 1. The number of rotatable bonds is 2. The van der Waals surface area contributed by atoms with Gasteiger partial charge in [-0.15, -0.1) is 0 Å². The molecule has 1 fully saturated rings. The summed E-state index contributed by atoms with van der Waals surface area (Å²) in [5, 5.41) is 8.97. The molecule has 4 nitrogen and oxygen atoms in total. The van der Waals surface area contributed by atoms with E-state index in [1.54, 1.807) is 6.20 Å². The molecule has 0 atom stereocenters. The quantitative estimate of drug-likeness (QED) is 0.853. The van der Waals surface area contributed by atoms with Crippen molar-refractivity contribution in [2.45, 2.75) is 13.8 Å². The first-order valence-electron chi connectivity index (χ1n) is 7.61. The number of hydrogen-bond acceptors (Lipinski definition) is 4. The van der Waals surface area contributed by atoms with Gasteiger partial charge in [0.25, 0.3) is 0 Å². The smallest absolute Gasteiger partial charge is 0.142 e. The zero-order valence-electron chi connectivity index (χ0n) is 13.1. The van der Waals surface area contributed by atoms with E-state index in [0.29, 0.717) is 5.69 Å². The van der Waals surface area contributed by atoms with E-state index < -0.39 is 0 Å². The van der Waals surface area contributed by atoms with Crippen LogP contribution >= 0.6 is 0 Å². The minimum absolute atomic E-state index is 0.481. The summed E-state index contributed by atoms with van der Waals surface area (Å²) >= 11 is 0. The van der Waals surface area contributed by atoms with Crippen molar-refractivity contribution in [3.63, 3.8) is 0 Å². The SMILES string of the molecule is Cc1cccc(N2CCN(c3ccnc(C#N)c3)CC2)c1C. The molecule has 2 aromatic rings. The Bertz CT molecular complexity index is 709. The molecule has 0 saturated carbocycles. The second-order valence-electron chi connectivity index (χ2n) is 5.70. The lowest BCUT2D eigenvalue weighted by Gasteiger charge is -2.38. The largest absolute Gasteiger partial charge is 0.368 e. The Morgan fingerprint density at radius 1 is 1.05 bits per heavy atom. The van der Waals surface area contributed by atoms with Crippen LogP contribution in [0.25, 0.3) is 0 Å². The summed E-state index contributed by atoms with van der Waals surface area (Å²) in [6.45, 7) is 8.27. The van der Waals surface area contributed by atoms with E-state index >= 15 is 0 Å². The fourth-order valence-corrected chi connectivity index (χ4v) is 2.96. The first-order valence-corrected chi connectivity index (χ1v) is 7.61. The second-order valence-corrected chi connectivity index (χ2v) is 5.70. The molecule has 4 heteroatoms. The molecule has 0 aliphatic carbocycles. The maximum absolute atomic E-state index is 8.97. The molecule has 3 rings (SSSR count). The zero-order chi connectivity index (χ0) is 15.5. The number of nitrogens with zero attached hydrogens (tertiary/aromatic N) is 4. The Hall–Kier alpha value is -2.54. The van der Waals surface area contributed by atoms with E-state index in [1.165, 1.54) is 16.8 Å². The maximum Gasteiger partial charge on any atom is 0.142 e. The van der Waals surface area contributed by atoms with Gasteiger partial charge in [-0.25, -0.2) is 4.98 Å². The average Bonchev–Trinajstić information content (AvgIpc) is 2.58. The first kappa shape index (κ1) is 14.4. The summed E-state index contributed by atoms with van der Waals surface area (Å²) in [6, 6.07) is 12.5. The van der Waals surface area contributed by atoms with Crippen LogP contribution in [-0.2, 0) is 0 Å². The van der Waals surface area contributed by atoms with Crippen LogP contribution in [0.3, 0.4) is 0 Å². The van der Waals surface area contributed by atoms with Crippen molar-refractivity contribution >= 4 is 11.4 Å². The number of hydrogen-bond donors (Lipinski definition) is 0. The highest BCUT2D eigenvalue weighted by molar-refractivity contribution is 5.58. The molecule has 0 spiro atoms. The molecule has 112 valence electrons.